The monoisotopic (exact) mass is 264 g/mol. The molecule has 1 atom stereocenters. The third kappa shape index (κ3) is 6.86. The quantitative estimate of drug-likeness (QED) is 0.817. The van der Waals surface area contributed by atoms with Gasteiger partial charge in [0.1, 0.15) is 0 Å². The third-order valence-electron chi connectivity index (χ3n) is 3.14. The smallest absolute Gasteiger partial charge is 0.223 e. The van der Waals surface area contributed by atoms with Crippen LogP contribution in [0.2, 0.25) is 0 Å². The van der Waals surface area contributed by atoms with Gasteiger partial charge in [-0.05, 0) is 32.1 Å². The lowest BCUT2D eigenvalue weighted by molar-refractivity contribution is -0.130. The Balaban J connectivity index is 0.00000256. The van der Waals surface area contributed by atoms with E-state index >= 15 is 0 Å². The highest BCUT2D eigenvalue weighted by Gasteiger charge is 2.16. The molecule has 2 N–H and O–H groups in total. The zero-order chi connectivity index (χ0) is 12.0. The minimum atomic E-state index is -0.0435. The van der Waals surface area contributed by atoms with Crippen LogP contribution in [-0.2, 0) is 9.53 Å². The van der Waals surface area contributed by atoms with Crippen molar-refractivity contribution in [2.75, 3.05) is 26.8 Å². The highest BCUT2D eigenvalue weighted by Crippen LogP contribution is 2.18. The van der Waals surface area contributed by atoms with E-state index in [2.05, 4.69) is 0 Å². The summed E-state index contributed by atoms with van der Waals surface area (Å²) < 4.78 is 5.31. The van der Waals surface area contributed by atoms with Crippen LogP contribution in [0.3, 0.4) is 0 Å². The minimum Gasteiger partial charge on any atom is -0.381 e. The van der Waals surface area contributed by atoms with Crippen molar-refractivity contribution in [3.05, 3.63) is 0 Å². The molecule has 4 nitrogen and oxygen atoms in total. The summed E-state index contributed by atoms with van der Waals surface area (Å²) in [5, 5.41) is 0. The molecule has 1 rings (SSSR count). The van der Waals surface area contributed by atoms with Crippen molar-refractivity contribution in [3.63, 3.8) is 0 Å². The molecule has 0 aliphatic carbocycles. The predicted octanol–water partition coefficient (Wildman–Crippen LogP) is 1.42. The maximum absolute atomic E-state index is 11.6. The van der Waals surface area contributed by atoms with Gasteiger partial charge in [-0.2, -0.15) is 0 Å². The lowest BCUT2D eigenvalue weighted by Gasteiger charge is -2.25. The summed E-state index contributed by atoms with van der Waals surface area (Å²) in [6.07, 6.45) is 3.81. The molecule has 1 fully saturated rings. The van der Waals surface area contributed by atoms with E-state index in [0.717, 1.165) is 44.9 Å². The number of ether oxygens (including phenoxy) is 1. The number of carbonyl (C=O) groups excluding carboxylic acids is 1. The number of hydrogen-bond donors (Lipinski definition) is 1. The van der Waals surface area contributed by atoms with Crippen molar-refractivity contribution in [2.45, 2.75) is 38.6 Å². The second-order valence-corrected chi connectivity index (χ2v) is 4.84. The number of rotatable bonds is 5. The fourth-order valence-corrected chi connectivity index (χ4v) is 1.97. The molecular weight excluding hydrogens is 240 g/mol. The summed E-state index contributed by atoms with van der Waals surface area (Å²) in [7, 11) is 1.87. The van der Waals surface area contributed by atoms with E-state index in [0.29, 0.717) is 6.42 Å². The predicted molar refractivity (Wildman–Crippen MR) is 71.3 cm³/mol. The van der Waals surface area contributed by atoms with Crippen LogP contribution in [0.15, 0.2) is 0 Å². The van der Waals surface area contributed by atoms with Crippen molar-refractivity contribution in [3.8, 4) is 0 Å². The fraction of sp³-hybridized carbons (Fsp3) is 0.917. The minimum absolute atomic E-state index is 0. The van der Waals surface area contributed by atoms with Crippen LogP contribution < -0.4 is 5.73 Å². The zero-order valence-corrected chi connectivity index (χ0v) is 11.7. The van der Waals surface area contributed by atoms with Gasteiger partial charge in [0.15, 0.2) is 0 Å². The number of carbonyl (C=O) groups is 1. The number of hydrogen-bond acceptors (Lipinski definition) is 3. The van der Waals surface area contributed by atoms with Crippen molar-refractivity contribution in [1.82, 2.24) is 4.90 Å². The highest BCUT2D eigenvalue weighted by atomic mass is 35.5. The lowest BCUT2D eigenvalue weighted by Crippen LogP contribution is -2.33. The lowest BCUT2D eigenvalue weighted by atomic mass is 9.96. The summed E-state index contributed by atoms with van der Waals surface area (Å²) in [5.41, 5.74) is 5.61. The van der Waals surface area contributed by atoms with Gasteiger partial charge in [-0.15, -0.1) is 12.4 Å². The van der Waals surface area contributed by atoms with Gasteiger partial charge in [-0.3, -0.25) is 4.79 Å². The topological polar surface area (TPSA) is 55.6 Å². The Morgan fingerprint density at radius 2 is 2.06 bits per heavy atom. The van der Waals surface area contributed by atoms with E-state index in [4.69, 9.17) is 10.5 Å². The van der Waals surface area contributed by atoms with Crippen molar-refractivity contribution < 1.29 is 9.53 Å². The van der Waals surface area contributed by atoms with Crippen molar-refractivity contribution in [1.29, 1.82) is 0 Å². The van der Waals surface area contributed by atoms with Gasteiger partial charge in [-0.1, -0.05) is 0 Å². The first kappa shape index (κ1) is 16.7. The van der Waals surface area contributed by atoms with E-state index in [1.165, 1.54) is 0 Å². The Bertz CT molecular complexity index is 219. The van der Waals surface area contributed by atoms with Gasteiger partial charge < -0.3 is 15.4 Å². The molecule has 17 heavy (non-hydrogen) atoms. The molecule has 1 aliphatic heterocycles. The van der Waals surface area contributed by atoms with Gasteiger partial charge in [0.05, 0.1) is 0 Å². The van der Waals surface area contributed by atoms with Crippen LogP contribution >= 0.6 is 12.4 Å². The second kappa shape index (κ2) is 8.72. The van der Waals surface area contributed by atoms with Crippen LogP contribution in [0.25, 0.3) is 0 Å². The van der Waals surface area contributed by atoms with Crippen LogP contribution in [0, 0.1) is 5.92 Å². The molecule has 1 saturated heterocycles. The standard InChI is InChI=1S/C12H24N2O2.ClH/c1-10(13)9-12(15)14(2)6-3-11-4-7-16-8-5-11;/h10-11H,3-9,13H2,1-2H3;1H. The Hall–Kier alpha value is -0.320. The van der Waals surface area contributed by atoms with Crippen LogP contribution in [0.4, 0.5) is 0 Å². The Morgan fingerprint density at radius 1 is 1.47 bits per heavy atom. The first-order valence-electron chi connectivity index (χ1n) is 6.17. The fourth-order valence-electron chi connectivity index (χ4n) is 1.97. The first-order chi connectivity index (χ1) is 7.59. The largest absolute Gasteiger partial charge is 0.381 e. The van der Waals surface area contributed by atoms with E-state index in [1.54, 1.807) is 4.90 Å². The molecule has 1 heterocycles. The van der Waals surface area contributed by atoms with Gasteiger partial charge in [0.2, 0.25) is 5.91 Å². The Kier molecular flexibility index (Phi) is 8.56. The average molecular weight is 265 g/mol. The molecule has 0 aromatic carbocycles. The van der Waals surface area contributed by atoms with Crippen LogP contribution in [0.5, 0.6) is 0 Å². The molecule has 1 unspecified atom stereocenters. The molecule has 102 valence electrons. The molecule has 0 aromatic rings. The number of nitrogens with two attached hydrogens (primary N) is 1. The zero-order valence-electron chi connectivity index (χ0n) is 10.9. The number of nitrogens with zero attached hydrogens (tertiary/aromatic N) is 1. The molecular formula is C12H25ClN2O2. The molecule has 5 heteroatoms. The molecule has 0 radical (unpaired) electrons. The van der Waals surface area contributed by atoms with Gasteiger partial charge >= 0.3 is 0 Å². The number of amides is 1. The molecule has 0 bridgehead atoms. The maximum Gasteiger partial charge on any atom is 0.223 e. The molecule has 1 aliphatic rings. The summed E-state index contributed by atoms with van der Waals surface area (Å²) in [6.45, 7) is 4.46. The summed E-state index contributed by atoms with van der Waals surface area (Å²) >= 11 is 0. The highest BCUT2D eigenvalue weighted by molar-refractivity contribution is 5.85. The first-order valence-corrected chi connectivity index (χ1v) is 6.17. The Labute approximate surface area is 110 Å². The second-order valence-electron chi connectivity index (χ2n) is 4.84. The average Bonchev–Trinajstić information content (AvgIpc) is 2.26. The molecule has 0 spiro atoms. The van der Waals surface area contributed by atoms with Crippen LogP contribution in [0.1, 0.15) is 32.6 Å². The van der Waals surface area contributed by atoms with Gasteiger partial charge in [-0.25, -0.2) is 0 Å². The molecule has 0 saturated carbocycles. The van der Waals surface area contributed by atoms with Crippen molar-refractivity contribution >= 4 is 18.3 Å². The normalized spacial score (nSPS) is 18.3. The van der Waals surface area contributed by atoms with E-state index in [1.807, 2.05) is 14.0 Å². The maximum atomic E-state index is 11.6. The van der Waals surface area contributed by atoms with Gasteiger partial charge in [0, 0.05) is 39.3 Å². The third-order valence-corrected chi connectivity index (χ3v) is 3.14. The number of halogens is 1. The molecule has 0 aromatic heterocycles. The van der Waals surface area contributed by atoms with Crippen molar-refractivity contribution in [2.24, 2.45) is 11.7 Å². The van der Waals surface area contributed by atoms with E-state index < -0.39 is 0 Å². The summed E-state index contributed by atoms with van der Waals surface area (Å²) in [5.74, 6) is 0.876. The SMILES string of the molecule is CC(N)CC(=O)N(C)CCC1CCOCC1.Cl. The van der Waals surface area contributed by atoms with Crippen LogP contribution in [-0.4, -0.2) is 43.7 Å². The van der Waals surface area contributed by atoms with E-state index in [-0.39, 0.29) is 24.4 Å². The molecule has 1 amide bonds. The Morgan fingerprint density at radius 3 is 2.59 bits per heavy atom. The summed E-state index contributed by atoms with van der Waals surface area (Å²) in [4.78, 5) is 13.5. The van der Waals surface area contributed by atoms with E-state index in [9.17, 15) is 4.79 Å². The van der Waals surface area contributed by atoms with Gasteiger partial charge in [0.25, 0.3) is 0 Å². The summed E-state index contributed by atoms with van der Waals surface area (Å²) in [6, 6.07) is -0.0435.